The molecule has 0 saturated carbocycles. The molecule has 6 nitrogen and oxygen atoms in total. The second-order valence-corrected chi connectivity index (χ2v) is 6.51. The van der Waals surface area contributed by atoms with Crippen LogP contribution in [0.3, 0.4) is 0 Å². The maximum atomic E-state index is 12.9. The third kappa shape index (κ3) is 3.27. The van der Waals surface area contributed by atoms with E-state index in [9.17, 15) is 19.5 Å². The average Bonchev–Trinajstić information content (AvgIpc) is 3.00. The topological polar surface area (TPSA) is 86.7 Å². The molecule has 1 aromatic carbocycles. The van der Waals surface area contributed by atoms with Crippen LogP contribution in [-0.4, -0.2) is 45.9 Å². The summed E-state index contributed by atoms with van der Waals surface area (Å²) in [6.45, 7) is 0. The molecule has 2 heterocycles. The predicted molar refractivity (Wildman–Crippen MR) is 87.5 cm³/mol. The summed E-state index contributed by atoms with van der Waals surface area (Å²) >= 11 is 0. The summed E-state index contributed by atoms with van der Waals surface area (Å²) in [4.78, 5) is 38.3. The Balaban J connectivity index is 1.78. The monoisotopic (exact) mass is 330 g/mol. The van der Waals surface area contributed by atoms with Gasteiger partial charge in [-0.1, -0.05) is 31.0 Å². The molecule has 3 unspecified atom stereocenters. The van der Waals surface area contributed by atoms with Gasteiger partial charge in [-0.2, -0.15) is 0 Å². The second kappa shape index (κ2) is 7.03. The molecule has 6 heteroatoms. The van der Waals surface area contributed by atoms with Crippen LogP contribution in [0.15, 0.2) is 30.3 Å². The first-order valence-electron chi connectivity index (χ1n) is 8.49. The Morgan fingerprint density at radius 3 is 2.46 bits per heavy atom. The molecular weight excluding hydrogens is 308 g/mol. The fourth-order valence-corrected chi connectivity index (χ4v) is 3.74. The second-order valence-electron chi connectivity index (χ2n) is 6.51. The number of carboxylic acids is 1. The largest absolute Gasteiger partial charge is 0.480 e. The summed E-state index contributed by atoms with van der Waals surface area (Å²) in [5.74, 6) is -1.51. The molecule has 2 amide bonds. The summed E-state index contributed by atoms with van der Waals surface area (Å²) in [5.41, 5.74) is 0.500. The number of amides is 2. The van der Waals surface area contributed by atoms with Gasteiger partial charge in [0.25, 0.3) is 5.91 Å². The number of benzene rings is 1. The molecule has 0 aliphatic carbocycles. The molecule has 2 aliphatic rings. The Hall–Kier alpha value is -2.37. The Kier molecular flexibility index (Phi) is 4.83. The van der Waals surface area contributed by atoms with Gasteiger partial charge in [0.1, 0.15) is 12.1 Å². The van der Waals surface area contributed by atoms with Crippen LogP contribution in [0.25, 0.3) is 0 Å². The minimum Gasteiger partial charge on any atom is -0.480 e. The number of hydrogen-bond donors (Lipinski definition) is 2. The smallest absolute Gasteiger partial charge is 0.326 e. The van der Waals surface area contributed by atoms with Crippen LogP contribution < -0.4 is 5.32 Å². The van der Waals surface area contributed by atoms with E-state index in [0.717, 1.165) is 25.7 Å². The van der Waals surface area contributed by atoms with Gasteiger partial charge in [-0.25, -0.2) is 4.79 Å². The molecule has 3 rings (SSSR count). The van der Waals surface area contributed by atoms with E-state index in [4.69, 9.17) is 0 Å². The molecule has 2 fully saturated rings. The summed E-state index contributed by atoms with van der Waals surface area (Å²) in [5, 5.41) is 12.2. The highest BCUT2D eigenvalue weighted by Gasteiger charge is 2.43. The number of carboxylic acid groups (broad SMARTS) is 1. The third-order valence-corrected chi connectivity index (χ3v) is 4.96. The quantitative estimate of drug-likeness (QED) is 0.885. The standard InChI is InChI=1S/C18H22N2O4/c21-16(12-6-2-1-3-7-12)19-14-9-5-4-8-13-10-11-15(18(23)24)20(13)17(14)22/h1-3,6-7,13-15H,4-5,8-11H2,(H,19,21)(H,23,24). The zero-order valence-electron chi connectivity index (χ0n) is 13.5. The lowest BCUT2D eigenvalue weighted by Crippen LogP contribution is -2.54. The lowest BCUT2D eigenvalue weighted by molar-refractivity contribution is -0.151. The summed E-state index contributed by atoms with van der Waals surface area (Å²) in [7, 11) is 0. The molecular formula is C18H22N2O4. The van der Waals surface area contributed by atoms with E-state index in [1.165, 1.54) is 4.90 Å². The molecule has 24 heavy (non-hydrogen) atoms. The minimum absolute atomic E-state index is 0.0185. The van der Waals surface area contributed by atoms with E-state index in [1.54, 1.807) is 24.3 Å². The number of hydrogen-bond acceptors (Lipinski definition) is 3. The van der Waals surface area contributed by atoms with Crippen molar-refractivity contribution in [3.8, 4) is 0 Å². The summed E-state index contributed by atoms with van der Waals surface area (Å²) in [6.07, 6.45) is 4.40. The van der Waals surface area contributed by atoms with E-state index in [1.807, 2.05) is 6.07 Å². The van der Waals surface area contributed by atoms with Gasteiger partial charge in [-0.3, -0.25) is 9.59 Å². The molecule has 3 atom stereocenters. The lowest BCUT2D eigenvalue weighted by atomic mass is 9.98. The van der Waals surface area contributed by atoms with Gasteiger partial charge in [0.05, 0.1) is 0 Å². The Morgan fingerprint density at radius 1 is 1.04 bits per heavy atom. The van der Waals surface area contributed by atoms with E-state index in [-0.39, 0.29) is 17.9 Å². The van der Waals surface area contributed by atoms with E-state index >= 15 is 0 Å². The SMILES string of the molecule is O=C(NC1CCCCC2CCC(C(=O)O)N2C1=O)c1ccccc1. The normalized spacial score (nSPS) is 27.1. The zero-order valence-corrected chi connectivity index (χ0v) is 13.5. The van der Waals surface area contributed by atoms with E-state index < -0.39 is 18.1 Å². The number of nitrogens with one attached hydrogen (secondary N) is 1. The molecule has 0 radical (unpaired) electrons. The van der Waals surface area contributed by atoms with Gasteiger partial charge in [-0.15, -0.1) is 0 Å². The maximum absolute atomic E-state index is 12.9. The number of aliphatic carboxylic acids is 1. The van der Waals surface area contributed by atoms with Gasteiger partial charge in [0.15, 0.2) is 0 Å². The van der Waals surface area contributed by atoms with Crippen LogP contribution in [0.2, 0.25) is 0 Å². The lowest BCUT2D eigenvalue weighted by Gasteiger charge is -2.34. The maximum Gasteiger partial charge on any atom is 0.326 e. The first kappa shape index (κ1) is 16.5. The highest BCUT2D eigenvalue weighted by atomic mass is 16.4. The minimum atomic E-state index is -0.959. The Bertz CT molecular complexity index is 631. The first-order valence-corrected chi connectivity index (χ1v) is 8.49. The average molecular weight is 330 g/mol. The number of carbonyl (C=O) groups is 3. The molecule has 2 aliphatic heterocycles. The number of carbonyl (C=O) groups excluding carboxylic acids is 2. The molecule has 2 saturated heterocycles. The highest BCUT2D eigenvalue weighted by Crippen LogP contribution is 2.31. The van der Waals surface area contributed by atoms with Gasteiger partial charge in [0.2, 0.25) is 5.91 Å². The van der Waals surface area contributed by atoms with Crippen molar-refractivity contribution in [1.29, 1.82) is 0 Å². The number of fused-ring (bicyclic) bond motifs is 1. The molecule has 0 spiro atoms. The van der Waals surface area contributed by atoms with Gasteiger partial charge >= 0.3 is 5.97 Å². The van der Waals surface area contributed by atoms with Crippen LogP contribution in [0.5, 0.6) is 0 Å². The molecule has 1 aromatic rings. The fourth-order valence-electron chi connectivity index (χ4n) is 3.74. The van der Waals surface area contributed by atoms with Crippen molar-refractivity contribution in [2.75, 3.05) is 0 Å². The Labute approximate surface area is 140 Å². The van der Waals surface area contributed by atoms with E-state index in [0.29, 0.717) is 18.4 Å². The molecule has 0 bridgehead atoms. The van der Waals surface area contributed by atoms with E-state index in [2.05, 4.69) is 5.32 Å². The van der Waals surface area contributed by atoms with Crippen molar-refractivity contribution in [3.63, 3.8) is 0 Å². The molecule has 2 N–H and O–H groups in total. The zero-order chi connectivity index (χ0) is 17.1. The van der Waals surface area contributed by atoms with Crippen LogP contribution >= 0.6 is 0 Å². The first-order chi connectivity index (χ1) is 11.6. The summed E-state index contributed by atoms with van der Waals surface area (Å²) in [6, 6.07) is 7.32. The third-order valence-electron chi connectivity index (χ3n) is 4.96. The fraction of sp³-hybridized carbons (Fsp3) is 0.500. The van der Waals surface area contributed by atoms with Crippen molar-refractivity contribution >= 4 is 17.8 Å². The highest BCUT2D eigenvalue weighted by molar-refractivity contribution is 5.98. The van der Waals surface area contributed by atoms with Crippen LogP contribution in [-0.2, 0) is 9.59 Å². The van der Waals surface area contributed by atoms with Crippen LogP contribution in [0, 0.1) is 0 Å². The van der Waals surface area contributed by atoms with Gasteiger partial charge in [0, 0.05) is 11.6 Å². The predicted octanol–water partition coefficient (Wildman–Crippen LogP) is 1.80. The summed E-state index contributed by atoms with van der Waals surface area (Å²) < 4.78 is 0. The molecule has 128 valence electrons. The number of rotatable bonds is 3. The van der Waals surface area contributed by atoms with Crippen molar-refractivity contribution < 1.29 is 19.5 Å². The van der Waals surface area contributed by atoms with Gasteiger partial charge in [-0.05, 0) is 37.8 Å². The van der Waals surface area contributed by atoms with Crippen molar-refractivity contribution in [3.05, 3.63) is 35.9 Å². The van der Waals surface area contributed by atoms with Crippen LogP contribution in [0.1, 0.15) is 48.9 Å². The van der Waals surface area contributed by atoms with Crippen molar-refractivity contribution in [1.82, 2.24) is 10.2 Å². The van der Waals surface area contributed by atoms with Crippen molar-refractivity contribution in [2.45, 2.75) is 56.7 Å². The molecule has 0 aromatic heterocycles. The Morgan fingerprint density at radius 2 is 1.75 bits per heavy atom. The number of nitrogens with zero attached hydrogens (tertiary/aromatic N) is 1. The van der Waals surface area contributed by atoms with Crippen molar-refractivity contribution in [2.24, 2.45) is 0 Å². The van der Waals surface area contributed by atoms with Gasteiger partial charge < -0.3 is 15.3 Å². The van der Waals surface area contributed by atoms with Crippen LogP contribution in [0.4, 0.5) is 0 Å².